The Balaban J connectivity index is 2.45. The van der Waals surface area contributed by atoms with Gasteiger partial charge in [0.2, 0.25) is 0 Å². The van der Waals surface area contributed by atoms with Crippen LogP contribution in [-0.2, 0) is 0 Å². The molecule has 0 saturated heterocycles. The van der Waals surface area contributed by atoms with Crippen molar-refractivity contribution >= 4 is 23.2 Å². The van der Waals surface area contributed by atoms with Crippen LogP contribution in [-0.4, -0.2) is 4.98 Å². The molecule has 0 aliphatic carbocycles. The molecule has 1 heterocycles. The van der Waals surface area contributed by atoms with Gasteiger partial charge >= 0.3 is 0 Å². The maximum absolute atomic E-state index is 13.9. The molecule has 2 rings (SSSR count). The third-order valence-corrected chi connectivity index (χ3v) is 2.84. The van der Waals surface area contributed by atoms with Gasteiger partial charge in [-0.2, -0.15) is 5.26 Å². The summed E-state index contributed by atoms with van der Waals surface area (Å²) in [4.78, 5) is 3.75. The van der Waals surface area contributed by atoms with Gasteiger partial charge in [-0.25, -0.2) is 9.37 Å². The molecule has 0 amide bonds. The molecular weight excluding hydrogens is 290 g/mol. The van der Waals surface area contributed by atoms with E-state index in [-0.39, 0.29) is 27.4 Å². The molecule has 0 saturated carbocycles. The second kappa shape index (κ2) is 5.43. The van der Waals surface area contributed by atoms with Crippen molar-refractivity contribution in [2.75, 3.05) is 0 Å². The van der Waals surface area contributed by atoms with E-state index in [1.807, 2.05) is 6.07 Å². The van der Waals surface area contributed by atoms with Crippen LogP contribution in [0.1, 0.15) is 11.3 Å². The van der Waals surface area contributed by atoms with Gasteiger partial charge in [0, 0.05) is 12.1 Å². The molecule has 0 spiro atoms. The van der Waals surface area contributed by atoms with E-state index in [0.29, 0.717) is 5.56 Å². The first-order valence-electron chi connectivity index (χ1n) is 5.21. The number of pyridine rings is 1. The summed E-state index contributed by atoms with van der Waals surface area (Å²) < 4.78 is 19.3. The summed E-state index contributed by atoms with van der Waals surface area (Å²) in [7, 11) is 0. The second-order valence-corrected chi connectivity index (χ2v) is 4.53. The van der Waals surface area contributed by atoms with Crippen molar-refractivity contribution < 1.29 is 9.13 Å². The lowest BCUT2D eigenvalue weighted by Gasteiger charge is -2.10. The summed E-state index contributed by atoms with van der Waals surface area (Å²) >= 11 is 11.6. The molecule has 3 nitrogen and oxygen atoms in total. The minimum absolute atomic E-state index is 0.0756. The fourth-order valence-electron chi connectivity index (χ4n) is 1.43. The quantitative estimate of drug-likeness (QED) is 0.767. The molecule has 0 N–H and O–H groups in total. The molecule has 6 heteroatoms. The van der Waals surface area contributed by atoms with Crippen LogP contribution in [0.15, 0.2) is 24.3 Å². The average Bonchev–Trinajstić information content (AvgIpc) is 2.38. The van der Waals surface area contributed by atoms with Gasteiger partial charge in [-0.1, -0.05) is 29.3 Å². The Morgan fingerprint density at radius 3 is 2.74 bits per heavy atom. The fraction of sp³-hybridized carbons (Fsp3) is 0.0769. The molecule has 0 bridgehead atoms. The van der Waals surface area contributed by atoms with Gasteiger partial charge < -0.3 is 4.74 Å². The van der Waals surface area contributed by atoms with Crippen molar-refractivity contribution in [2.24, 2.45) is 0 Å². The zero-order valence-corrected chi connectivity index (χ0v) is 11.3. The lowest BCUT2D eigenvalue weighted by molar-refractivity contribution is 0.439. The van der Waals surface area contributed by atoms with Crippen LogP contribution < -0.4 is 4.74 Å². The summed E-state index contributed by atoms with van der Waals surface area (Å²) in [6.07, 6.45) is 0. The number of rotatable bonds is 2. The Bertz CT molecular complexity index is 683. The molecular formula is C13H7Cl2FN2O. The molecule has 1 aromatic carbocycles. The van der Waals surface area contributed by atoms with Gasteiger partial charge in [-0.3, -0.25) is 0 Å². The zero-order valence-electron chi connectivity index (χ0n) is 9.75. The van der Waals surface area contributed by atoms with Gasteiger partial charge in [-0.15, -0.1) is 0 Å². The zero-order chi connectivity index (χ0) is 14.0. The Kier molecular flexibility index (Phi) is 3.89. The van der Waals surface area contributed by atoms with Gasteiger partial charge in [0.15, 0.2) is 11.6 Å². The topological polar surface area (TPSA) is 45.9 Å². The lowest BCUT2D eigenvalue weighted by atomic mass is 10.2. The number of hydrogen-bond acceptors (Lipinski definition) is 3. The Morgan fingerprint density at radius 1 is 1.32 bits per heavy atom. The number of aromatic nitrogens is 1. The van der Waals surface area contributed by atoms with Crippen molar-refractivity contribution in [3.63, 3.8) is 0 Å². The van der Waals surface area contributed by atoms with E-state index >= 15 is 0 Å². The first-order valence-corrected chi connectivity index (χ1v) is 5.97. The molecule has 96 valence electrons. The summed E-state index contributed by atoms with van der Waals surface area (Å²) in [6, 6.07) is 7.64. The van der Waals surface area contributed by atoms with Crippen LogP contribution in [0.3, 0.4) is 0 Å². The van der Waals surface area contributed by atoms with Crippen LogP contribution >= 0.6 is 23.2 Å². The maximum Gasteiger partial charge on any atom is 0.181 e. The van der Waals surface area contributed by atoms with Crippen LogP contribution in [0.2, 0.25) is 10.2 Å². The van der Waals surface area contributed by atoms with E-state index in [2.05, 4.69) is 4.98 Å². The predicted molar refractivity (Wildman–Crippen MR) is 70.2 cm³/mol. The van der Waals surface area contributed by atoms with E-state index < -0.39 is 5.82 Å². The molecule has 2 aromatic rings. The van der Waals surface area contributed by atoms with E-state index in [1.54, 1.807) is 13.0 Å². The molecule has 0 atom stereocenters. The Labute approximate surface area is 119 Å². The van der Waals surface area contributed by atoms with E-state index in [0.717, 1.165) is 0 Å². The number of nitrogens with zero attached hydrogens (tertiary/aromatic N) is 2. The number of nitriles is 1. The summed E-state index contributed by atoms with van der Waals surface area (Å²) in [6.45, 7) is 1.60. The Morgan fingerprint density at radius 2 is 2.05 bits per heavy atom. The van der Waals surface area contributed by atoms with E-state index in [1.165, 1.54) is 18.2 Å². The van der Waals surface area contributed by atoms with Crippen LogP contribution in [0.25, 0.3) is 0 Å². The fourth-order valence-corrected chi connectivity index (χ4v) is 1.82. The molecule has 0 aliphatic heterocycles. The maximum atomic E-state index is 13.9. The van der Waals surface area contributed by atoms with Crippen molar-refractivity contribution in [1.29, 1.82) is 5.26 Å². The normalized spacial score (nSPS) is 10.1. The summed E-state index contributed by atoms with van der Waals surface area (Å²) in [5.74, 6) is -0.463. The lowest BCUT2D eigenvalue weighted by Crippen LogP contribution is -1.94. The van der Waals surface area contributed by atoms with Crippen molar-refractivity contribution in [3.8, 4) is 17.6 Å². The van der Waals surface area contributed by atoms with E-state index in [9.17, 15) is 4.39 Å². The standard InChI is InChI=1S/C13H7Cl2FN2O/c1-7-2-3-10(14)13(12(7)16)19-9-4-8(6-17)18-11(15)5-9/h2-5H,1H3. The molecule has 19 heavy (non-hydrogen) atoms. The molecule has 0 radical (unpaired) electrons. The highest BCUT2D eigenvalue weighted by Gasteiger charge is 2.13. The minimum Gasteiger partial charge on any atom is -0.452 e. The van der Waals surface area contributed by atoms with E-state index in [4.69, 9.17) is 33.2 Å². The summed E-state index contributed by atoms with van der Waals surface area (Å²) in [5, 5.41) is 8.99. The van der Waals surface area contributed by atoms with Crippen LogP contribution in [0.4, 0.5) is 4.39 Å². The minimum atomic E-state index is -0.557. The van der Waals surface area contributed by atoms with Gasteiger partial charge in [0.1, 0.15) is 22.7 Å². The highest BCUT2D eigenvalue weighted by Crippen LogP contribution is 2.34. The predicted octanol–water partition coefficient (Wildman–Crippen LogP) is 4.50. The van der Waals surface area contributed by atoms with Crippen molar-refractivity contribution in [3.05, 3.63) is 51.5 Å². The molecule has 0 unspecified atom stereocenters. The molecule has 0 fully saturated rings. The monoisotopic (exact) mass is 296 g/mol. The van der Waals surface area contributed by atoms with Gasteiger partial charge in [0.25, 0.3) is 0 Å². The first-order chi connectivity index (χ1) is 9.01. The number of aryl methyl sites for hydroxylation is 1. The number of benzene rings is 1. The highest BCUT2D eigenvalue weighted by atomic mass is 35.5. The van der Waals surface area contributed by atoms with Gasteiger partial charge in [-0.05, 0) is 18.6 Å². The average molecular weight is 297 g/mol. The Hall–Kier alpha value is -1.83. The van der Waals surface area contributed by atoms with Crippen LogP contribution in [0, 0.1) is 24.1 Å². The molecule has 1 aromatic heterocycles. The number of halogens is 3. The highest BCUT2D eigenvalue weighted by molar-refractivity contribution is 6.32. The van der Waals surface area contributed by atoms with Crippen LogP contribution in [0.5, 0.6) is 11.5 Å². The third kappa shape index (κ3) is 2.95. The van der Waals surface area contributed by atoms with Gasteiger partial charge in [0.05, 0.1) is 5.02 Å². The summed E-state index contributed by atoms with van der Waals surface area (Å²) in [5.41, 5.74) is 0.478. The first kappa shape index (κ1) is 13.6. The number of hydrogen-bond donors (Lipinski definition) is 0. The largest absolute Gasteiger partial charge is 0.452 e. The van der Waals surface area contributed by atoms with Crippen molar-refractivity contribution in [1.82, 2.24) is 4.98 Å². The second-order valence-electron chi connectivity index (χ2n) is 3.73. The van der Waals surface area contributed by atoms with Crippen molar-refractivity contribution in [2.45, 2.75) is 6.92 Å². The smallest absolute Gasteiger partial charge is 0.181 e. The molecule has 0 aliphatic rings. The SMILES string of the molecule is Cc1ccc(Cl)c(Oc2cc(Cl)nc(C#N)c2)c1F. The third-order valence-electron chi connectivity index (χ3n) is 2.34. The number of ether oxygens (including phenoxy) is 1.